The first-order chi connectivity index (χ1) is 13.2. The molecule has 0 unspecified atom stereocenters. The zero-order valence-corrected chi connectivity index (χ0v) is 17.7. The van der Waals surface area contributed by atoms with Crippen LogP contribution in [-0.4, -0.2) is 15.3 Å². The Morgan fingerprint density at radius 2 is 1.96 bits per heavy atom. The van der Waals surface area contributed by atoms with Crippen molar-refractivity contribution < 1.29 is 0 Å². The Balaban J connectivity index is 1.64. The lowest BCUT2D eigenvalue weighted by Crippen LogP contribution is -2.20. The van der Waals surface area contributed by atoms with Crippen molar-refractivity contribution in [3.05, 3.63) is 45.7 Å². The van der Waals surface area contributed by atoms with Gasteiger partial charge in [0.05, 0.1) is 5.39 Å². The van der Waals surface area contributed by atoms with Gasteiger partial charge in [0, 0.05) is 17.7 Å². The van der Waals surface area contributed by atoms with Crippen LogP contribution in [0.5, 0.6) is 0 Å². The average molecular weight is 399 g/mol. The molecule has 0 aliphatic heterocycles. The third-order valence-electron chi connectivity index (χ3n) is 5.38. The first kappa shape index (κ1) is 18.8. The van der Waals surface area contributed by atoms with Gasteiger partial charge in [-0.15, -0.1) is 11.3 Å². The van der Waals surface area contributed by atoms with Crippen LogP contribution in [0, 0.1) is 0 Å². The molecule has 0 atom stereocenters. The van der Waals surface area contributed by atoms with Gasteiger partial charge in [0.1, 0.15) is 4.83 Å². The van der Waals surface area contributed by atoms with Crippen molar-refractivity contribution in [1.29, 1.82) is 0 Å². The molecule has 0 bridgehead atoms. The highest BCUT2D eigenvalue weighted by Crippen LogP contribution is 2.42. The molecule has 2 heterocycles. The number of hydrogen-bond donors (Lipinski definition) is 0. The predicted molar refractivity (Wildman–Crippen MR) is 117 cm³/mol. The summed E-state index contributed by atoms with van der Waals surface area (Å²) in [6.07, 6.45) is 8.29. The Morgan fingerprint density at radius 3 is 2.81 bits per heavy atom. The highest BCUT2D eigenvalue weighted by atomic mass is 32.2. The normalized spacial score (nSPS) is 13.0. The van der Waals surface area contributed by atoms with Gasteiger partial charge in [-0.25, -0.2) is 4.98 Å². The van der Waals surface area contributed by atoms with E-state index in [2.05, 4.69) is 31.2 Å². The maximum absolute atomic E-state index is 13.1. The van der Waals surface area contributed by atoms with E-state index >= 15 is 0 Å². The summed E-state index contributed by atoms with van der Waals surface area (Å²) in [6.45, 7) is 2.24. The lowest BCUT2D eigenvalue weighted by molar-refractivity contribution is 0.658. The van der Waals surface area contributed by atoms with Crippen molar-refractivity contribution in [2.24, 2.45) is 7.05 Å². The van der Waals surface area contributed by atoms with Crippen molar-refractivity contribution in [3.8, 4) is 10.4 Å². The molecule has 1 aliphatic carbocycles. The fourth-order valence-electron chi connectivity index (χ4n) is 3.84. The number of hydrogen-bond acceptors (Lipinski definition) is 4. The second-order valence-electron chi connectivity index (χ2n) is 7.27. The largest absolute Gasteiger partial charge is 0.290 e. The number of nitrogens with zero attached hydrogens (tertiary/aromatic N) is 2. The minimum Gasteiger partial charge on any atom is -0.290 e. The quantitative estimate of drug-likeness (QED) is 0.286. The molecule has 27 heavy (non-hydrogen) atoms. The summed E-state index contributed by atoms with van der Waals surface area (Å²) in [6, 6.07) is 8.57. The van der Waals surface area contributed by atoms with Gasteiger partial charge >= 0.3 is 0 Å². The molecule has 0 radical (unpaired) electrons. The van der Waals surface area contributed by atoms with Crippen molar-refractivity contribution in [1.82, 2.24) is 9.55 Å². The molecule has 5 heteroatoms. The van der Waals surface area contributed by atoms with Gasteiger partial charge in [-0.05, 0) is 36.0 Å². The average Bonchev–Trinajstić information content (AvgIpc) is 3.07. The van der Waals surface area contributed by atoms with Gasteiger partial charge in [0.25, 0.3) is 5.56 Å². The summed E-state index contributed by atoms with van der Waals surface area (Å²) in [4.78, 5) is 20.1. The highest BCUT2D eigenvalue weighted by Gasteiger charge is 2.24. The van der Waals surface area contributed by atoms with E-state index in [1.165, 1.54) is 53.7 Å². The first-order valence-electron chi connectivity index (χ1n) is 9.94. The van der Waals surface area contributed by atoms with Crippen molar-refractivity contribution >= 4 is 33.3 Å². The molecule has 3 nitrogen and oxygen atoms in total. The molecule has 0 amide bonds. The Kier molecular flexibility index (Phi) is 5.69. The number of aryl methyl sites for hydroxylation is 2. The zero-order chi connectivity index (χ0) is 18.8. The van der Waals surface area contributed by atoms with Crippen LogP contribution in [0.3, 0.4) is 0 Å². The molecule has 4 rings (SSSR count). The van der Waals surface area contributed by atoms with E-state index in [1.807, 2.05) is 7.05 Å². The number of thiophene rings is 1. The van der Waals surface area contributed by atoms with Crippen molar-refractivity contribution in [3.63, 3.8) is 0 Å². The summed E-state index contributed by atoms with van der Waals surface area (Å²) in [5, 5.41) is 1.70. The SMILES string of the molecule is CCCCCCCSc1nc2sc3c(c2c(=O)n1C)CCc1ccccc1-3. The van der Waals surface area contributed by atoms with Crippen LogP contribution in [0.15, 0.2) is 34.2 Å². The molecule has 0 fully saturated rings. The van der Waals surface area contributed by atoms with Crippen LogP contribution in [0.1, 0.15) is 50.2 Å². The number of unbranched alkanes of at least 4 members (excludes halogenated alkanes) is 4. The van der Waals surface area contributed by atoms with E-state index in [4.69, 9.17) is 4.98 Å². The third-order valence-corrected chi connectivity index (χ3v) is 7.65. The third kappa shape index (κ3) is 3.59. The molecular formula is C22H26N2OS2. The van der Waals surface area contributed by atoms with E-state index in [1.54, 1.807) is 27.7 Å². The highest BCUT2D eigenvalue weighted by molar-refractivity contribution is 7.99. The van der Waals surface area contributed by atoms with E-state index in [0.717, 1.165) is 34.0 Å². The van der Waals surface area contributed by atoms with Gasteiger partial charge in [-0.2, -0.15) is 0 Å². The lowest BCUT2D eigenvalue weighted by atomic mass is 9.90. The summed E-state index contributed by atoms with van der Waals surface area (Å²) in [5.74, 6) is 1.03. The molecule has 142 valence electrons. The fraction of sp³-hybridized carbons (Fsp3) is 0.455. The maximum Gasteiger partial charge on any atom is 0.262 e. The van der Waals surface area contributed by atoms with Crippen LogP contribution in [-0.2, 0) is 19.9 Å². The Labute approximate surface area is 168 Å². The molecule has 0 N–H and O–H groups in total. The molecule has 1 aliphatic rings. The Morgan fingerprint density at radius 1 is 1.15 bits per heavy atom. The van der Waals surface area contributed by atoms with E-state index in [-0.39, 0.29) is 5.56 Å². The molecule has 2 aromatic heterocycles. The lowest BCUT2D eigenvalue weighted by Gasteiger charge is -2.15. The molecular weight excluding hydrogens is 372 g/mol. The molecule has 0 saturated carbocycles. The second kappa shape index (κ2) is 8.19. The van der Waals surface area contributed by atoms with Gasteiger partial charge < -0.3 is 0 Å². The molecule has 0 saturated heterocycles. The topological polar surface area (TPSA) is 34.9 Å². The first-order valence-corrected chi connectivity index (χ1v) is 11.7. The summed E-state index contributed by atoms with van der Waals surface area (Å²) < 4.78 is 1.76. The molecule has 1 aromatic carbocycles. The van der Waals surface area contributed by atoms with E-state index in [9.17, 15) is 4.79 Å². The van der Waals surface area contributed by atoms with Crippen LogP contribution in [0.25, 0.3) is 20.7 Å². The van der Waals surface area contributed by atoms with Crippen LogP contribution in [0.2, 0.25) is 0 Å². The standard InChI is InChI=1S/C22H26N2OS2/c1-3-4-5-6-9-14-26-22-23-20-18(21(25)24(22)2)17-13-12-15-10-7-8-11-16(15)19(17)27-20/h7-8,10-11H,3-6,9,12-14H2,1-2H3. The number of thioether (sulfide) groups is 1. The van der Waals surface area contributed by atoms with Crippen molar-refractivity contribution in [2.75, 3.05) is 5.75 Å². The molecule has 0 spiro atoms. The Hall–Kier alpha value is -1.59. The fourth-order valence-corrected chi connectivity index (χ4v) is 6.14. The monoisotopic (exact) mass is 398 g/mol. The number of rotatable bonds is 7. The summed E-state index contributed by atoms with van der Waals surface area (Å²) in [7, 11) is 1.87. The maximum atomic E-state index is 13.1. The minimum absolute atomic E-state index is 0.116. The molecule has 3 aromatic rings. The van der Waals surface area contributed by atoms with E-state index in [0.29, 0.717) is 0 Å². The number of benzene rings is 1. The van der Waals surface area contributed by atoms with Gasteiger partial charge in [0.2, 0.25) is 0 Å². The van der Waals surface area contributed by atoms with E-state index < -0.39 is 0 Å². The number of fused-ring (bicyclic) bond motifs is 5. The zero-order valence-electron chi connectivity index (χ0n) is 16.1. The van der Waals surface area contributed by atoms with Gasteiger partial charge in [-0.3, -0.25) is 9.36 Å². The smallest absolute Gasteiger partial charge is 0.262 e. The second-order valence-corrected chi connectivity index (χ2v) is 9.33. The number of aromatic nitrogens is 2. The summed E-state index contributed by atoms with van der Waals surface area (Å²) in [5.41, 5.74) is 3.99. The minimum atomic E-state index is 0.116. The van der Waals surface area contributed by atoms with Crippen LogP contribution in [0.4, 0.5) is 0 Å². The van der Waals surface area contributed by atoms with Crippen LogP contribution < -0.4 is 5.56 Å². The van der Waals surface area contributed by atoms with Gasteiger partial charge in [-0.1, -0.05) is 68.6 Å². The van der Waals surface area contributed by atoms with Crippen molar-refractivity contribution in [2.45, 2.75) is 57.0 Å². The van der Waals surface area contributed by atoms with Gasteiger partial charge in [0.15, 0.2) is 5.16 Å². The Bertz CT molecular complexity index is 1020. The summed E-state index contributed by atoms with van der Waals surface area (Å²) >= 11 is 3.42. The predicted octanol–water partition coefficient (Wildman–Crippen LogP) is 5.82. The van der Waals surface area contributed by atoms with Crippen LogP contribution >= 0.6 is 23.1 Å².